The van der Waals surface area contributed by atoms with Crippen LogP contribution in [0.5, 0.6) is 5.75 Å². The van der Waals surface area contributed by atoms with Crippen LogP contribution in [0.15, 0.2) is 48.7 Å². The number of benzene rings is 2. The smallest absolute Gasteiger partial charge is 0.202 e. The highest BCUT2D eigenvalue weighted by Gasteiger charge is 2.20. The van der Waals surface area contributed by atoms with E-state index < -0.39 is 0 Å². The van der Waals surface area contributed by atoms with Crippen molar-refractivity contribution in [3.63, 3.8) is 0 Å². The molecule has 4 nitrogen and oxygen atoms in total. The summed E-state index contributed by atoms with van der Waals surface area (Å²) in [4.78, 5) is 3.08. The van der Waals surface area contributed by atoms with Crippen molar-refractivity contribution in [2.75, 3.05) is 6.61 Å². The predicted octanol–water partition coefficient (Wildman–Crippen LogP) is 4.74. The van der Waals surface area contributed by atoms with E-state index in [-0.39, 0.29) is 24.4 Å². The van der Waals surface area contributed by atoms with Crippen LogP contribution in [0.1, 0.15) is 36.6 Å². The van der Waals surface area contributed by atoms with Gasteiger partial charge in [-0.2, -0.15) is 0 Å². The maximum Gasteiger partial charge on any atom is 0.202 e. The fraction of sp³-hybridized carbons (Fsp3) is 0.263. The van der Waals surface area contributed by atoms with Crippen LogP contribution < -0.4 is 5.32 Å². The first-order chi connectivity index (χ1) is 11.6. The average Bonchev–Trinajstić information content (AvgIpc) is 3.01. The molecular weight excluding hydrogens is 324 g/mol. The number of aliphatic hydroxyl groups is 1. The molecule has 3 rings (SSSR count). The van der Waals surface area contributed by atoms with Crippen molar-refractivity contribution in [2.45, 2.75) is 25.4 Å². The highest BCUT2D eigenvalue weighted by Crippen LogP contribution is 2.32. The quantitative estimate of drug-likeness (QED) is 0.605. The average molecular weight is 344 g/mol. The lowest BCUT2D eigenvalue weighted by Crippen LogP contribution is -2.28. The first-order valence-corrected chi connectivity index (χ1v) is 8.41. The number of aliphatic hydroxyl groups excluding tert-OH is 1. The number of para-hydroxylation sites is 1. The van der Waals surface area contributed by atoms with E-state index in [4.69, 9.17) is 11.6 Å². The number of aromatic amines is 1. The summed E-state index contributed by atoms with van der Waals surface area (Å²) in [6, 6.07) is 12.5. The molecule has 1 radical (unpaired) electrons. The zero-order valence-electron chi connectivity index (χ0n) is 13.4. The summed E-state index contributed by atoms with van der Waals surface area (Å²) in [6.07, 6.45) is 2.70. The molecule has 0 amide bonds. The molecule has 3 aromatic rings. The fourth-order valence-electron chi connectivity index (χ4n) is 3.08. The molecule has 1 aromatic heterocycles. The van der Waals surface area contributed by atoms with Gasteiger partial charge in [-0.15, -0.1) is 0 Å². The van der Waals surface area contributed by atoms with E-state index in [0.717, 1.165) is 22.9 Å². The topological polar surface area (TPSA) is 67.9 Å². The van der Waals surface area contributed by atoms with E-state index >= 15 is 0 Å². The Morgan fingerprint density at radius 1 is 1.21 bits per heavy atom. The van der Waals surface area contributed by atoms with Crippen molar-refractivity contribution in [3.05, 3.63) is 64.8 Å². The third-order valence-corrected chi connectivity index (χ3v) is 4.56. The molecule has 0 saturated carbocycles. The van der Waals surface area contributed by atoms with Gasteiger partial charge in [-0.25, -0.2) is 0 Å². The Bertz CT molecular complexity index is 831. The third kappa shape index (κ3) is 3.26. The lowest BCUT2D eigenvalue weighted by molar-refractivity contribution is 0.232. The molecule has 5 heteroatoms. The Hall–Kier alpha value is -2.01. The van der Waals surface area contributed by atoms with Crippen molar-refractivity contribution in [1.29, 1.82) is 0 Å². The van der Waals surface area contributed by atoms with E-state index in [1.807, 2.05) is 36.5 Å². The van der Waals surface area contributed by atoms with Crippen molar-refractivity contribution >= 4 is 22.5 Å². The Labute approximate surface area is 146 Å². The number of H-pyrrole nitrogens is 1. The van der Waals surface area contributed by atoms with Crippen molar-refractivity contribution in [3.8, 4) is 5.75 Å². The molecule has 0 bridgehead atoms. The minimum absolute atomic E-state index is 0.0108. The lowest BCUT2D eigenvalue weighted by atomic mass is 10.00. The summed E-state index contributed by atoms with van der Waals surface area (Å²) in [5.41, 5.74) is 2.59. The molecule has 0 aliphatic heterocycles. The molecule has 0 aliphatic carbocycles. The van der Waals surface area contributed by atoms with E-state index in [1.165, 1.54) is 0 Å². The molecule has 125 valence electrons. The molecular formula is C19H20ClN2O2. The van der Waals surface area contributed by atoms with Crippen LogP contribution in [0.2, 0.25) is 5.02 Å². The third-order valence-electron chi connectivity index (χ3n) is 4.33. The fourth-order valence-corrected chi connectivity index (χ4v) is 3.28. The van der Waals surface area contributed by atoms with E-state index in [1.54, 1.807) is 12.1 Å². The molecule has 0 spiro atoms. The predicted molar refractivity (Wildman–Crippen MR) is 95.9 cm³/mol. The van der Waals surface area contributed by atoms with Gasteiger partial charge < -0.3 is 15.4 Å². The number of rotatable bonds is 6. The number of nitrogens with one attached hydrogen (secondary N) is 2. The SMILES string of the molecule is CCC(NC(CO)c1cccc(Cl)c1)c1c[nH]c2c([O])cccc12. The number of aromatic nitrogens is 1. The van der Waals surface area contributed by atoms with Gasteiger partial charge in [-0.05, 0) is 35.7 Å². The largest absolute Gasteiger partial charge is 0.394 e. The summed E-state index contributed by atoms with van der Waals surface area (Å²) in [5, 5.41) is 26.8. The van der Waals surface area contributed by atoms with Crippen LogP contribution >= 0.6 is 11.6 Å². The van der Waals surface area contributed by atoms with E-state index in [0.29, 0.717) is 10.5 Å². The van der Waals surface area contributed by atoms with Crippen LogP contribution in [0.4, 0.5) is 0 Å². The maximum atomic E-state index is 11.9. The molecule has 24 heavy (non-hydrogen) atoms. The van der Waals surface area contributed by atoms with Crippen molar-refractivity contribution < 1.29 is 10.2 Å². The summed E-state index contributed by atoms with van der Waals surface area (Å²) >= 11 is 6.06. The number of hydrogen-bond donors (Lipinski definition) is 3. The van der Waals surface area contributed by atoms with Crippen molar-refractivity contribution in [2.24, 2.45) is 0 Å². The van der Waals surface area contributed by atoms with Gasteiger partial charge in [0.2, 0.25) is 5.75 Å². The van der Waals surface area contributed by atoms with Crippen LogP contribution in [0.3, 0.4) is 0 Å². The highest BCUT2D eigenvalue weighted by atomic mass is 35.5. The molecule has 0 aliphatic rings. The van der Waals surface area contributed by atoms with Crippen LogP contribution in [-0.2, 0) is 5.11 Å². The van der Waals surface area contributed by atoms with Gasteiger partial charge >= 0.3 is 0 Å². The number of fused-ring (bicyclic) bond motifs is 1. The maximum absolute atomic E-state index is 11.9. The number of halogens is 1. The van der Waals surface area contributed by atoms with E-state index in [2.05, 4.69) is 17.2 Å². The standard InChI is InChI=1S/C19H20ClN2O2/c1-2-16(15-10-21-19-14(15)7-4-8-18(19)24)22-17(11-23)12-5-3-6-13(20)9-12/h3-10,16-17,21-23H,2,11H2,1H3. The van der Waals surface area contributed by atoms with Crippen LogP contribution in [0, 0.1) is 0 Å². The summed E-state index contributed by atoms with van der Waals surface area (Å²) < 4.78 is 0. The lowest BCUT2D eigenvalue weighted by Gasteiger charge is -2.24. The van der Waals surface area contributed by atoms with Gasteiger partial charge in [0.1, 0.15) is 0 Å². The van der Waals surface area contributed by atoms with Gasteiger partial charge in [0.05, 0.1) is 18.2 Å². The second-order valence-corrected chi connectivity index (χ2v) is 6.28. The summed E-state index contributed by atoms with van der Waals surface area (Å²) in [5.74, 6) is -0.0119. The van der Waals surface area contributed by atoms with Gasteiger partial charge in [0, 0.05) is 22.6 Å². The van der Waals surface area contributed by atoms with Gasteiger partial charge in [0.15, 0.2) is 0 Å². The Morgan fingerprint density at radius 3 is 2.71 bits per heavy atom. The molecule has 2 unspecified atom stereocenters. The molecule has 2 aromatic carbocycles. The van der Waals surface area contributed by atoms with Gasteiger partial charge in [-0.1, -0.05) is 42.8 Å². The highest BCUT2D eigenvalue weighted by molar-refractivity contribution is 6.30. The molecule has 0 fully saturated rings. The Kier molecular flexibility index (Phi) is 5.09. The van der Waals surface area contributed by atoms with Crippen LogP contribution in [-0.4, -0.2) is 16.7 Å². The Morgan fingerprint density at radius 2 is 2.00 bits per heavy atom. The monoisotopic (exact) mass is 343 g/mol. The minimum Gasteiger partial charge on any atom is -0.394 e. The van der Waals surface area contributed by atoms with E-state index in [9.17, 15) is 10.2 Å². The molecule has 2 atom stereocenters. The minimum atomic E-state index is -0.228. The zero-order valence-corrected chi connectivity index (χ0v) is 14.2. The Balaban J connectivity index is 1.91. The second kappa shape index (κ2) is 7.26. The first kappa shape index (κ1) is 16.8. The summed E-state index contributed by atoms with van der Waals surface area (Å²) in [6.45, 7) is 2.04. The second-order valence-electron chi connectivity index (χ2n) is 5.84. The van der Waals surface area contributed by atoms with Crippen LogP contribution in [0.25, 0.3) is 10.9 Å². The molecule has 0 saturated heterocycles. The van der Waals surface area contributed by atoms with Gasteiger partial charge in [0.25, 0.3) is 0 Å². The normalized spacial score (nSPS) is 14.0. The zero-order chi connectivity index (χ0) is 17.1. The first-order valence-electron chi connectivity index (χ1n) is 8.03. The van der Waals surface area contributed by atoms with Crippen molar-refractivity contribution in [1.82, 2.24) is 10.3 Å². The molecule has 3 N–H and O–H groups in total. The molecule has 1 heterocycles. The summed E-state index contributed by atoms with van der Waals surface area (Å²) in [7, 11) is 0. The number of hydrogen-bond acceptors (Lipinski definition) is 2. The van der Waals surface area contributed by atoms with Gasteiger partial charge in [-0.3, -0.25) is 5.11 Å².